The Bertz CT molecular complexity index is 280. The fraction of sp³-hybridized carbons (Fsp3) is 0.800. The molecule has 1 aliphatic rings. The van der Waals surface area contributed by atoms with Crippen LogP contribution in [-0.4, -0.2) is 59.5 Å². The van der Waals surface area contributed by atoms with Gasteiger partial charge in [0.2, 0.25) is 5.91 Å². The van der Waals surface area contributed by atoms with Gasteiger partial charge in [0.25, 0.3) is 0 Å². The molecular weight excluding hydrogens is 208 g/mol. The summed E-state index contributed by atoms with van der Waals surface area (Å²) < 4.78 is 0. The highest BCUT2D eigenvalue weighted by Crippen LogP contribution is 2.11. The predicted molar refractivity (Wildman–Crippen MR) is 61.3 cm³/mol. The van der Waals surface area contributed by atoms with Crippen LogP contribution in [-0.2, 0) is 4.79 Å². The molecule has 0 radical (unpaired) electrons. The number of oxime groups is 1. The molecule has 1 aliphatic heterocycles. The van der Waals surface area contributed by atoms with Gasteiger partial charge in [-0.15, -0.1) is 0 Å². The molecular formula is C10H20N4O2. The van der Waals surface area contributed by atoms with Crippen LogP contribution in [0.3, 0.4) is 0 Å². The van der Waals surface area contributed by atoms with Crippen molar-refractivity contribution in [2.24, 2.45) is 10.9 Å². The molecule has 0 aliphatic carbocycles. The third-order valence-electron chi connectivity index (χ3n) is 3.06. The number of amidine groups is 1. The van der Waals surface area contributed by atoms with E-state index in [1.807, 2.05) is 0 Å². The molecule has 1 atom stereocenters. The third-order valence-corrected chi connectivity index (χ3v) is 3.06. The zero-order valence-corrected chi connectivity index (χ0v) is 9.89. The van der Waals surface area contributed by atoms with Gasteiger partial charge in [0.1, 0.15) is 5.84 Å². The van der Waals surface area contributed by atoms with E-state index in [0.29, 0.717) is 12.6 Å². The van der Waals surface area contributed by atoms with E-state index >= 15 is 0 Å². The van der Waals surface area contributed by atoms with E-state index in [1.165, 1.54) is 0 Å². The summed E-state index contributed by atoms with van der Waals surface area (Å²) in [4.78, 5) is 15.8. The standard InChI is InChI=1S/C10H20N4O2/c1-3-8-7-14(5-4-13(8)2)10(15)6-9(11)12-16/h8,16H,3-7H2,1-2H3,(H2,11,12). The largest absolute Gasteiger partial charge is 0.409 e. The third kappa shape index (κ3) is 3.10. The maximum atomic E-state index is 11.8. The minimum absolute atomic E-state index is 0.00332. The van der Waals surface area contributed by atoms with Crippen LogP contribution in [0.2, 0.25) is 0 Å². The summed E-state index contributed by atoms with van der Waals surface area (Å²) in [6, 6.07) is 0.407. The van der Waals surface area contributed by atoms with Crippen molar-refractivity contribution in [2.75, 3.05) is 26.7 Å². The highest BCUT2D eigenvalue weighted by Gasteiger charge is 2.26. The van der Waals surface area contributed by atoms with Gasteiger partial charge in [-0.25, -0.2) is 0 Å². The summed E-state index contributed by atoms with van der Waals surface area (Å²) in [6.07, 6.45) is 1.01. The average molecular weight is 228 g/mol. The number of nitrogens with zero attached hydrogens (tertiary/aromatic N) is 3. The molecule has 92 valence electrons. The molecule has 1 unspecified atom stereocenters. The highest BCUT2D eigenvalue weighted by atomic mass is 16.4. The minimum atomic E-state index is -0.0677. The Morgan fingerprint density at radius 3 is 2.81 bits per heavy atom. The Kier molecular flexibility index (Phi) is 4.54. The molecule has 6 nitrogen and oxygen atoms in total. The van der Waals surface area contributed by atoms with E-state index in [0.717, 1.165) is 19.5 Å². The van der Waals surface area contributed by atoms with Gasteiger partial charge in [-0.2, -0.15) is 0 Å². The number of likely N-dealkylation sites (N-methyl/N-ethyl adjacent to an activating group) is 1. The summed E-state index contributed by atoms with van der Waals surface area (Å²) in [5.41, 5.74) is 5.32. The Hall–Kier alpha value is -1.30. The number of hydrogen-bond acceptors (Lipinski definition) is 4. The molecule has 1 saturated heterocycles. The molecule has 0 bridgehead atoms. The molecule has 6 heteroatoms. The van der Waals surface area contributed by atoms with Crippen LogP contribution in [0.25, 0.3) is 0 Å². The number of carbonyl (C=O) groups is 1. The van der Waals surface area contributed by atoms with Crippen LogP contribution < -0.4 is 5.73 Å². The van der Waals surface area contributed by atoms with Crippen molar-refractivity contribution in [3.05, 3.63) is 0 Å². The molecule has 3 N–H and O–H groups in total. The maximum absolute atomic E-state index is 11.8. The second-order valence-corrected chi connectivity index (χ2v) is 4.15. The molecule has 1 fully saturated rings. The number of nitrogens with two attached hydrogens (primary N) is 1. The number of rotatable bonds is 3. The fourth-order valence-electron chi connectivity index (χ4n) is 1.92. The first-order valence-electron chi connectivity index (χ1n) is 5.52. The zero-order chi connectivity index (χ0) is 12.1. The second-order valence-electron chi connectivity index (χ2n) is 4.15. The van der Waals surface area contributed by atoms with E-state index in [4.69, 9.17) is 10.9 Å². The van der Waals surface area contributed by atoms with Crippen molar-refractivity contribution < 1.29 is 10.0 Å². The molecule has 1 heterocycles. The lowest BCUT2D eigenvalue weighted by Gasteiger charge is -2.39. The van der Waals surface area contributed by atoms with Crippen LogP contribution in [0.15, 0.2) is 5.16 Å². The lowest BCUT2D eigenvalue weighted by Crippen LogP contribution is -2.53. The summed E-state index contributed by atoms with van der Waals surface area (Å²) in [6.45, 7) is 4.42. The first-order valence-corrected chi connectivity index (χ1v) is 5.52. The van der Waals surface area contributed by atoms with Gasteiger partial charge in [-0.05, 0) is 13.5 Å². The van der Waals surface area contributed by atoms with E-state index in [9.17, 15) is 4.79 Å². The van der Waals surface area contributed by atoms with Crippen molar-refractivity contribution >= 4 is 11.7 Å². The van der Waals surface area contributed by atoms with Crippen LogP contribution in [0, 0.1) is 0 Å². The van der Waals surface area contributed by atoms with Crippen LogP contribution in [0.4, 0.5) is 0 Å². The monoisotopic (exact) mass is 228 g/mol. The Morgan fingerprint density at radius 1 is 1.56 bits per heavy atom. The topological polar surface area (TPSA) is 82.2 Å². The van der Waals surface area contributed by atoms with Gasteiger partial charge in [-0.1, -0.05) is 12.1 Å². The zero-order valence-electron chi connectivity index (χ0n) is 9.89. The van der Waals surface area contributed by atoms with Crippen molar-refractivity contribution in [2.45, 2.75) is 25.8 Å². The maximum Gasteiger partial charge on any atom is 0.230 e. The Morgan fingerprint density at radius 2 is 2.25 bits per heavy atom. The summed E-state index contributed by atoms with van der Waals surface area (Å²) in [7, 11) is 2.07. The Labute approximate surface area is 95.7 Å². The van der Waals surface area contributed by atoms with Gasteiger partial charge < -0.3 is 15.8 Å². The van der Waals surface area contributed by atoms with Crippen LogP contribution in [0.5, 0.6) is 0 Å². The average Bonchev–Trinajstić information content (AvgIpc) is 2.29. The molecule has 16 heavy (non-hydrogen) atoms. The molecule has 0 spiro atoms. The van der Waals surface area contributed by atoms with Gasteiger partial charge in [-0.3, -0.25) is 9.69 Å². The highest BCUT2D eigenvalue weighted by molar-refractivity contribution is 5.98. The SMILES string of the molecule is CCC1CN(C(=O)CC(N)=NO)CCN1C. The van der Waals surface area contributed by atoms with Crippen molar-refractivity contribution in [3.63, 3.8) is 0 Å². The van der Waals surface area contributed by atoms with Crippen LogP contribution >= 0.6 is 0 Å². The van der Waals surface area contributed by atoms with E-state index in [-0.39, 0.29) is 18.2 Å². The lowest BCUT2D eigenvalue weighted by atomic mass is 10.1. The van der Waals surface area contributed by atoms with E-state index < -0.39 is 0 Å². The number of hydrogen-bond donors (Lipinski definition) is 2. The summed E-state index contributed by atoms with van der Waals surface area (Å²) >= 11 is 0. The molecule has 0 aromatic carbocycles. The number of carbonyl (C=O) groups excluding carboxylic acids is 1. The van der Waals surface area contributed by atoms with Gasteiger partial charge in [0.15, 0.2) is 0 Å². The van der Waals surface area contributed by atoms with Crippen LogP contribution in [0.1, 0.15) is 19.8 Å². The molecule has 0 saturated carbocycles. The van der Waals surface area contributed by atoms with Crippen molar-refractivity contribution in [3.8, 4) is 0 Å². The van der Waals surface area contributed by atoms with Crippen molar-refractivity contribution in [1.29, 1.82) is 0 Å². The first-order chi connectivity index (χ1) is 7.58. The molecule has 1 amide bonds. The lowest BCUT2D eigenvalue weighted by molar-refractivity contribution is -0.132. The minimum Gasteiger partial charge on any atom is -0.409 e. The first kappa shape index (κ1) is 12.8. The van der Waals surface area contributed by atoms with E-state index in [2.05, 4.69) is 24.0 Å². The normalized spacial score (nSPS) is 23.5. The molecule has 0 aromatic rings. The fourth-order valence-corrected chi connectivity index (χ4v) is 1.92. The Balaban J connectivity index is 2.52. The molecule has 1 rings (SSSR count). The van der Waals surface area contributed by atoms with Gasteiger partial charge in [0, 0.05) is 25.7 Å². The second kappa shape index (κ2) is 5.69. The van der Waals surface area contributed by atoms with Crippen molar-refractivity contribution in [1.82, 2.24) is 9.80 Å². The van der Waals surface area contributed by atoms with Gasteiger partial charge in [0.05, 0.1) is 6.42 Å². The quantitative estimate of drug-likeness (QED) is 0.300. The number of amides is 1. The number of piperazine rings is 1. The summed E-state index contributed by atoms with van der Waals surface area (Å²) in [5, 5.41) is 11.2. The predicted octanol–water partition coefficient (Wildman–Crippen LogP) is -0.324. The van der Waals surface area contributed by atoms with Gasteiger partial charge >= 0.3 is 0 Å². The molecule has 0 aromatic heterocycles. The summed E-state index contributed by atoms with van der Waals surface area (Å²) in [5.74, 6) is -0.0983. The van der Waals surface area contributed by atoms with E-state index in [1.54, 1.807) is 4.90 Å². The smallest absolute Gasteiger partial charge is 0.230 e.